The van der Waals surface area contributed by atoms with Gasteiger partial charge >= 0.3 is 12.1 Å². The van der Waals surface area contributed by atoms with Crippen molar-refractivity contribution in [1.29, 1.82) is 0 Å². The first-order valence-corrected chi connectivity index (χ1v) is 15.8. The first-order valence-electron chi connectivity index (χ1n) is 15.8. The summed E-state index contributed by atoms with van der Waals surface area (Å²) < 4.78 is 44.5. The van der Waals surface area contributed by atoms with Crippen LogP contribution in [0.2, 0.25) is 0 Å². The number of rotatable bonds is 14. The number of alkyl halides is 3. The molecule has 1 heterocycles. The molecular weight excluding hydrogens is 581 g/mol. The van der Waals surface area contributed by atoms with Gasteiger partial charge < -0.3 is 20.1 Å². The van der Waals surface area contributed by atoms with E-state index in [4.69, 9.17) is 9.84 Å². The van der Waals surface area contributed by atoms with Crippen LogP contribution in [-0.2, 0) is 21.1 Å². The maximum Gasteiger partial charge on any atom is 0.416 e. The monoisotopic (exact) mass is 624 g/mol. The van der Waals surface area contributed by atoms with Crippen LogP contribution >= 0.6 is 0 Å². The highest BCUT2D eigenvalue weighted by molar-refractivity contribution is 6.01. The van der Waals surface area contributed by atoms with Crippen LogP contribution < -0.4 is 5.32 Å². The Bertz CT molecular complexity index is 1370. The topological polar surface area (TPSA) is 78.9 Å². The van der Waals surface area contributed by atoms with Crippen molar-refractivity contribution in [3.8, 4) is 11.1 Å². The predicted molar refractivity (Wildman–Crippen MR) is 169 cm³/mol. The molecule has 4 rings (SSSR count). The molecule has 1 aliphatic rings. The highest BCUT2D eigenvalue weighted by Crippen LogP contribution is 2.37. The normalized spacial score (nSPS) is 15.8. The van der Waals surface area contributed by atoms with E-state index in [1.807, 2.05) is 18.2 Å². The number of nitrogens with one attached hydrogen (secondary N) is 1. The Balaban J connectivity index is 1.31. The highest BCUT2D eigenvalue weighted by atomic mass is 19.4. The van der Waals surface area contributed by atoms with Gasteiger partial charge in [0.2, 0.25) is 0 Å². The number of amides is 1. The van der Waals surface area contributed by atoms with Crippen molar-refractivity contribution in [2.75, 3.05) is 32.8 Å². The maximum absolute atomic E-state index is 13.3. The van der Waals surface area contributed by atoms with E-state index in [1.54, 1.807) is 24.3 Å². The molecule has 242 valence electrons. The van der Waals surface area contributed by atoms with Crippen molar-refractivity contribution in [2.45, 2.75) is 69.5 Å². The Labute approximate surface area is 263 Å². The van der Waals surface area contributed by atoms with Crippen LogP contribution in [0, 0.1) is 0 Å². The Hall–Kier alpha value is -3.69. The summed E-state index contributed by atoms with van der Waals surface area (Å²) in [6.07, 6.45) is 0.434. The largest absolute Gasteiger partial charge is 0.466 e. The van der Waals surface area contributed by atoms with Gasteiger partial charge in [-0.2, -0.15) is 13.2 Å². The molecule has 3 aromatic carbocycles. The van der Waals surface area contributed by atoms with E-state index in [-0.39, 0.29) is 36.5 Å². The average molecular weight is 625 g/mol. The highest BCUT2D eigenvalue weighted by Gasteiger charge is 2.34. The number of carbonyl (C=O) groups is 2. The summed E-state index contributed by atoms with van der Waals surface area (Å²) >= 11 is 0. The zero-order valence-electron chi connectivity index (χ0n) is 25.8. The fraction of sp³-hybridized carbons (Fsp3) is 0.444. The molecule has 1 unspecified atom stereocenters. The van der Waals surface area contributed by atoms with Gasteiger partial charge in [-0.1, -0.05) is 67.6 Å². The molecule has 6 nitrogen and oxygen atoms in total. The summed E-state index contributed by atoms with van der Waals surface area (Å²) in [6, 6.07) is 22.0. The smallest absolute Gasteiger partial charge is 0.416 e. The van der Waals surface area contributed by atoms with Gasteiger partial charge in [-0.3, -0.25) is 9.59 Å². The zero-order valence-corrected chi connectivity index (χ0v) is 25.8. The average Bonchev–Trinajstić information content (AvgIpc) is 3.05. The van der Waals surface area contributed by atoms with E-state index in [9.17, 15) is 22.8 Å². The van der Waals surface area contributed by atoms with E-state index in [1.165, 1.54) is 12.1 Å². The minimum Gasteiger partial charge on any atom is -0.466 e. The van der Waals surface area contributed by atoms with Gasteiger partial charge in [0, 0.05) is 43.1 Å². The van der Waals surface area contributed by atoms with Gasteiger partial charge in [-0.15, -0.1) is 0 Å². The van der Waals surface area contributed by atoms with Crippen LogP contribution in [-0.4, -0.2) is 60.8 Å². The number of benzene rings is 3. The van der Waals surface area contributed by atoms with Crippen molar-refractivity contribution in [3.63, 3.8) is 0 Å². The number of aliphatic hydroxyl groups is 1. The van der Waals surface area contributed by atoms with Crippen LogP contribution in [0.5, 0.6) is 0 Å². The summed E-state index contributed by atoms with van der Waals surface area (Å²) in [7, 11) is 0. The number of hydrogen-bond acceptors (Lipinski definition) is 5. The lowest BCUT2D eigenvalue weighted by molar-refractivity contribution is -0.145. The fourth-order valence-electron chi connectivity index (χ4n) is 6.19. The molecule has 1 aliphatic heterocycles. The molecule has 9 heteroatoms. The first-order chi connectivity index (χ1) is 21.6. The van der Waals surface area contributed by atoms with Crippen molar-refractivity contribution in [2.24, 2.45) is 0 Å². The lowest BCUT2D eigenvalue weighted by Gasteiger charge is -2.35. The molecule has 1 saturated heterocycles. The van der Waals surface area contributed by atoms with Crippen LogP contribution in [0.15, 0.2) is 78.9 Å². The number of piperidine rings is 1. The minimum atomic E-state index is -4.42. The van der Waals surface area contributed by atoms with Gasteiger partial charge in [-0.25, -0.2) is 0 Å². The summed E-state index contributed by atoms with van der Waals surface area (Å²) in [6.45, 7) is 4.86. The third kappa shape index (κ3) is 9.41. The van der Waals surface area contributed by atoms with Crippen molar-refractivity contribution in [3.05, 3.63) is 95.6 Å². The number of likely N-dealkylation sites (tertiary alicyclic amines) is 1. The summed E-state index contributed by atoms with van der Waals surface area (Å²) in [4.78, 5) is 28.4. The molecule has 0 saturated carbocycles. The Morgan fingerprint density at radius 2 is 1.58 bits per heavy atom. The molecule has 45 heavy (non-hydrogen) atoms. The van der Waals surface area contributed by atoms with E-state index < -0.39 is 11.7 Å². The van der Waals surface area contributed by atoms with Gasteiger partial charge in [0.05, 0.1) is 18.6 Å². The summed E-state index contributed by atoms with van der Waals surface area (Å²) in [5.74, 6) is -0.476. The van der Waals surface area contributed by atoms with Crippen molar-refractivity contribution < 1.29 is 32.6 Å². The Morgan fingerprint density at radius 3 is 2.22 bits per heavy atom. The van der Waals surface area contributed by atoms with Crippen LogP contribution in [0.25, 0.3) is 11.1 Å². The maximum atomic E-state index is 13.3. The van der Waals surface area contributed by atoms with Gasteiger partial charge in [-0.05, 0) is 73.5 Å². The van der Waals surface area contributed by atoms with Crippen LogP contribution in [0.4, 0.5) is 13.2 Å². The molecule has 0 aliphatic carbocycles. The van der Waals surface area contributed by atoms with Gasteiger partial charge in [0.1, 0.15) is 0 Å². The molecule has 1 amide bonds. The van der Waals surface area contributed by atoms with Crippen molar-refractivity contribution in [1.82, 2.24) is 10.2 Å². The fourth-order valence-corrected chi connectivity index (χ4v) is 6.19. The molecule has 1 fully saturated rings. The molecule has 2 N–H and O–H groups in total. The number of hydrogen-bond donors (Lipinski definition) is 2. The first kappa shape index (κ1) is 34.2. The summed E-state index contributed by atoms with van der Waals surface area (Å²) in [5.41, 5.74) is 1.66. The Morgan fingerprint density at radius 1 is 0.911 bits per heavy atom. The third-order valence-electron chi connectivity index (χ3n) is 8.86. The van der Waals surface area contributed by atoms with Gasteiger partial charge in [0.25, 0.3) is 5.91 Å². The number of aliphatic hydroxyl groups excluding tert-OH is 1. The molecule has 0 spiro atoms. The van der Waals surface area contributed by atoms with Crippen LogP contribution in [0.1, 0.15) is 73.4 Å². The van der Waals surface area contributed by atoms with E-state index in [2.05, 4.69) is 29.3 Å². The molecule has 3 aromatic rings. The number of nitrogens with zero attached hydrogens (tertiary/aromatic N) is 1. The van der Waals surface area contributed by atoms with Crippen molar-refractivity contribution >= 4 is 11.9 Å². The standard InChI is InChI=1S/C36H43F3N2O4/c1-2-35(28-10-4-3-5-11-28,26-33(43)45-25-9-24-42)20-8-21-41-22-18-30(19-23-41)40-34(44)32-13-7-6-12-31(32)27-14-16-29(17-15-27)36(37,38)39/h3-7,10-17,30,42H,2,8-9,18-26H2,1H3,(H,40,44). The predicted octanol–water partition coefficient (Wildman–Crippen LogP) is 7.01. The number of esters is 1. The van der Waals surface area contributed by atoms with E-state index >= 15 is 0 Å². The van der Waals surface area contributed by atoms with Gasteiger partial charge in [0.15, 0.2) is 0 Å². The second-order valence-corrected chi connectivity index (χ2v) is 11.8. The van der Waals surface area contributed by atoms with E-state index in [0.29, 0.717) is 29.5 Å². The number of halogens is 3. The second-order valence-electron chi connectivity index (χ2n) is 11.8. The molecule has 0 bridgehead atoms. The third-order valence-corrected chi connectivity index (χ3v) is 8.86. The second kappa shape index (κ2) is 16.0. The van der Waals surface area contributed by atoms with Crippen LogP contribution in [0.3, 0.4) is 0 Å². The van der Waals surface area contributed by atoms with E-state index in [0.717, 1.165) is 69.4 Å². The number of carbonyl (C=O) groups excluding carboxylic acids is 2. The quantitative estimate of drug-likeness (QED) is 0.149. The lowest BCUT2D eigenvalue weighted by atomic mass is 9.72. The Kier molecular flexibility index (Phi) is 12.2. The number of ether oxygens (including phenoxy) is 1. The minimum absolute atomic E-state index is 0.00199. The molecular formula is C36H43F3N2O4. The molecule has 1 atom stereocenters. The SMILES string of the molecule is CCC(CCCN1CCC(NC(=O)c2ccccc2-c2ccc(C(F)(F)F)cc2)CC1)(CC(=O)OCCCO)c1ccccc1. The molecule has 0 radical (unpaired) electrons. The summed E-state index contributed by atoms with van der Waals surface area (Å²) in [5, 5.41) is 12.2. The zero-order chi connectivity index (χ0) is 32.3. The lowest BCUT2D eigenvalue weighted by Crippen LogP contribution is -2.45. The molecule has 0 aromatic heterocycles.